The third kappa shape index (κ3) is 3.90. The number of amides is 1. The van der Waals surface area contributed by atoms with E-state index < -0.39 is 0 Å². The van der Waals surface area contributed by atoms with Crippen molar-refractivity contribution in [1.82, 2.24) is 5.32 Å². The van der Waals surface area contributed by atoms with Crippen LogP contribution in [0.5, 0.6) is 5.75 Å². The van der Waals surface area contributed by atoms with Crippen LogP contribution in [0.3, 0.4) is 0 Å². The fraction of sp³-hybridized carbons (Fsp3) is 0.316. The van der Waals surface area contributed by atoms with Gasteiger partial charge in [0.2, 0.25) is 0 Å². The summed E-state index contributed by atoms with van der Waals surface area (Å²) in [4.78, 5) is 12.2. The Morgan fingerprint density at radius 1 is 1.13 bits per heavy atom. The molecular weight excluding hydrogens is 288 g/mol. The number of carbonyl (C=O) groups is 1. The molecule has 0 aromatic heterocycles. The van der Waals surface area contributed by atoms with Crippen molar-refractivity contribution in [3.63, 3.8) is 0 Å². The normalized spacial score (nSPS) is 17.5. The fourth-order valence-electron chi connectivity index (χ4n) is 2.92. The average molecular weight is 310 g/mol. The zero-order valence-electron chi connectivity index (χ0n) is 13.3. The molecule has 4 heteroatoms. The van der Waals surface area contributed by atoms with E-state index in [0.717, 1.165) is 24.5 Å². The molecule has 0 radical (unpaired) electrons. The maximum atomic E-state index is 12.2. The lowest BCUT2D eigenvalue weighted by Gasteiger charge is -2.23. The third-order valence-electron chi connectivity index (χ3n) is 4.29. The Labute approximate surface area is 136 Å². The highest BCUT2D eigenvalue weighted by Crippen LogP contribution is 2.24. The average Bonchev–Trinajstić information content (AvgIpc) is 2.63. The second kappa shape index (κ2) is 7.29. The van der Waals surface area contributed by atoms with Crippen molar-refractivity contribution in [3.05, 3.63) is 59.7 Å². The lowest BCUT2D eigenvalue weighted by atomic mass is 9.91. The summed E-state index contributed by atoms with van der Waals surface area (Å²) in [5, 5.41) is 6.36. The van der Waals surface area contributed by atoms with Gasteiger partial charge in [-0.3, -0.25) is 4.79 Å². The van der Waals surface area contributed by atoms with E-state index in [0.29, 0.717) is 11.5 Å². The molecule has 4 nitrogen and oxygen atoms in total. The van der Waals surface area contributed by atoms with Gasteiger partial charge in [0.1, 0.15) is 5.75 Å². The molecule has 120 valence electrons. The van der Waals surface area contributed by atoms with E-state index in [2.05, 4.69) is 22.8 Å². The number of benzene rings is 2. The van der Waals surface area contributed by atoms with E-state index in [4.69, 9.17) is 4.74 Å². The zero-order valence-corrected chi connectivity index (χ0v) is 13.3. The smallest absolute Gasteiger partial charge is 0.255 e. The Morgan fingerprint density at radius 3 is 2.48 bits per heavy atom. The summed E-state index contributed by atoms with van der Waals surface area (Å²) in [7, 11) is 1.61. The van der Waals surface area contributed by atoms with Gasteiger partial charge in [-0.1, -0.05) is 12.1 Å². The molecule has 1 aliphatic rings. The highest BCUT2D eigenvalue weighted by atomic mass is 16.5. The van der Waals surface area contributed by atoms with Crippen molar-refractivity contribution in [3.8, 4) is 5.75 Å². The number of hydrogen-bond donors (Lipinski definition) is 2. The van der Waals surface area contributed by atoms with Crippen LogP contribution in [0.25, 0.3) is 0 Å². The molecule has 0 spiro atoms. The summed E-state index contributed by atoms with van der Waals surface area (Å²) in [6.07, 6.45) is 2.45. The Hall–Kier alpha value is -2.33. The highest BCUT2D eigenvalue weighted by molar-refractivity contribution is 6.04. The van der Waals surface area contributed by atoms with Crippen LogP contribution >= 0.6 is 0 Å². The minimum Gasteiger partial charge on any atom is -0.497 e. The van der Waals surface area contributed by atoms with E-state index in [9.17, 15) is 4.79 Å². The number of carbonyl (C=O) groups excluding carboxylic acids is 1. The molecule has 0 unspecified atom stereocenters. The first-order chi connectivity index (χ1) is 11.3. The van der Waals surface area contributed by atoms with Crippen molar-refractivity contribution in [2.75, 3.05) is 25.5 Å². The van der Waals surface area contributed by atoms with Crippen LogP contribution in [0.4, 0.5) is 5.69 Å². The molecule has 2 aromatic rings. The fourth-order valence-corrected chi connectivity index (χ4v) is 2.92. The number of ether oxygens (including phenoxy) is 1. The minimum atomic E-state index is -0.111. The second-order valence-electron chi connectivity index (χ2n) is 5.85. The molecular formula is C19H22N2O2. The van der Waals surface area contributed by atoms with Gasteiger partial charge in [0.25, 0.3) is 5.91 Å². The molecule has 1 saturated heterocycles. The maximum Gasteiger partial charge on any atom is 0.255 e. The topological polar surface area (TPSA) is 50.4 Å². The molecule has 3 rings (SSSR count). The summed E-state index contributed by atoms with van der Waals surface area (Å²) in [6, 6.07) is 15.3. The number of hydrogen-bond acceptors (Lipinski definition) is 3. The second-order valence-corrected chi connectivity index (χ2v) is 5.85. The summed E-state index contributed by atoms with van der Waals surface area (Å²) >= 11 is 0. The van der Waals surface area contributed by atoms with Crippen molar-refractivity contribution >= 4 is 11.6 Å². The SMILES string of the molecule is COc1ccc(C(=O)Nc2ccc([C@H]3CCCNC3)cc2)cc1. The number of nitrogens with one attached hydrogen (secondary N) is 2. The van der Waals surface area contributed by atoms with Crippen LogP contribution in [0.15, 0.2) is 48.5 Å². The van der Waals surface area contributed by atoms with Gasteiger partial charge in [-0.25, -0.2) is 0 Å². The van der Waals surface area contributed by atoms with E-state index in [1.54, 1.807) is 31.4 Å². The predicted molar refractivity (Wildman–Crippen MR) is 92.2 cm³/mol. The Balaban J connectivity index is 1.63. The molecule has 0 saturated carbocycles. The van der Waals surface area contributed by atoms with E-state index in [1.165, 1.54) is 18.4 Å². The van der Waals surface area contributed by atoms with Gasteiger partial charge in [-0.05, 0) is 67.3 Å². The van der Waals surface area contributed by atoms with E-state index in [-0.39, 0.29) is 5.91 Å². The molecule has 1 heterocycles. The minimum absolute atomic E-state index is 0.111. The van der Waals surface area contributed by atoms with Crippen LogP contribution in [0.1, 0.15) is 34.7 Å². The molecule has 0 bridgehead atoms. The Kier molecular flexibility index (Phi) is 4.93. The first-order valence-corrected chi connectivity index (χ1v) is 8.02. The van der Waals surface area contributed by atoms with Gasteiger partial charge < -0.3 is 15.4 Å². The standard InChI is InChI=1S/C19H22N2O2/c1-23-18-10-6-15(7-11-18)19(22)21-17-8-4-14(5-9-17)16-3-2-12-20-13-16/h4-11,16,20H,2-3,12-13H2,1H3,(H,21,22)/t16-/m0/s1. The molecule has 2 N–H and O–H groups in total. The van der Waals surface area contributed by atoms with Crippen LogP contribution < -0.4 is 15.4 Å². The van der Waals surface area contributed by atoms with Crippen LogP contribution in [0, 0.1) is 0 Å². The molecule has 1 amide bonds. The summed E-state index contributed by atoms with van der Waals surface area (Å²) in [5.74, 6) is 1.21. The van der Waals surface area contributed by atoms with Gasteiger partial charge >= 0.3 is 0 Å². The zero-order chi connectivity index (χ0) is 16.1. The first-order valence-electron chi connectivity index (χ1n) is 8.02. The number of piperidine rings is 1. The summed E-state index contributed by atoms with van der Waals surface area (Å²) < 4.78 is 5.10. The first kappa shape index (κ1) is 15.6. The molecule has 2 aromatic carbocycles. The van der Waals surface area contributed by atoms with E-state index >= 15 is 0 Å². The summed E-state index contributed by atoms with van der Waals surface area (Å²) in [5.41, 5.74) is 2.77. The largest absolute Gasteiger partial charge is 0.497 e. The molecule has 1 atom stereocenters. The van der Waals surface area contributed by atoms with Gasteiger partial charge in [0.05, 0.1) is 7.11 Å². The van der Waals surface area contributed by atoms with Crippen molar-refractivity contribution < 1.29 is 9.53 Å². The number of anilines is 1. The van der Waals surface area contributed by atoms with Crippen molar-refractivity contribution in [2.45, 2.75) is 18.8 Å². The lowest BCUT2D eigenvalue weighted by Crippen LogP contribution is -2.28. The van der Waals surface area contributed by atoms with Gasteiger partial charge in [0, 0.05) is 17.8 Å². The summed E-state index contributed by atoms with van der Waals surface area (Å²) in [6.45, 7) is 2.16. The quantitative estimate of drug-likeness (QED) is 0.910. The molecule has 1 fully saturated rings. The van der Waals surface area contributed by atoms with Crippen LogP contribution in [-0.4, -0.2) is 26.1 Å². The number of methoxy groups -OCH3 is 1. The van der Waals surface area contributed by atoms with Gasteiger partial charge in [-0.15, -0.1) is 0 Å². The Bertz CT molecular complexity index is 644. The molecule has 1 aliphatic heterocycles. The van der Waals surface area contributed by atoms with Gasteiger partial charge in [-0.2, -0.15) is 0 Å². The lowest BCUT2D eigenvalue weighted by molar-refractivity contribution is 0.102. The van der Waals surface area contributed by atoms with Crippen LogP contribution in [-0.2, 0) is 0 Å². The van der Waals surface area contributed by atoms with Crippen LogP contribution in [0.2, 0.25) is 0 Å². The number of rotatable bonds is 4. The van der Waals surface area contributed by atoms with Crippen molar-refractivity contribution in [2.24, 2.45) is 0 Å². The monoisotopic (exact) mass is 310 g/mol. The Morgan fingerprint density at radius 2 is 1.87 bits per heavy atom. The molecule has 23 heavy (non-hydrogen) atoms. The van der Waals surface area contributed by atoms with E-state index in [1.807, 2.05) is 12.1 Å². The third-order valence-corrected chi connectivity index (χ3v) is 4.29. The predicted octanol–water partition coefficient (Wildman–Crippen LogP) is 3.41. The molecule has 0 aliphatic carbocycles. The highest BCUT2D eigenvalue weighted by Gasteiger charge is 2.15. The maximum absolute atomic E-state index is 12.2. The van der Waals surface area contributed by atoms with Gasteiger partial charge in [0.15, 0.2) is 0 Å². The van der Waals surface area contributed by atoms with Crippen molar-refractivity contribution in [1.29, 1.82) is 0 Å².